The molecule has 0 saturated carbocycles. The van der Waals surface area contributed by atoms with Gasteiger partial charge in [0.25, 0.3) is 0 Å². The van der Waals surface area contributed by atoms with Crippen LogP contribution in [0.1, 0.15) is 36.5 Å². The van der Waals surface area contributed by atoms with E-state index in [1.165, 1.54) is 17.7 Å². The van der Waals surface area contributed by atoms with Crippen molar-refractivity contribution in [1.82, 2.24) is 14.9 Å². The van der Waals surface area contributed by atoms with Crippen LogP contribution < -0.4 is 5.32 Å². The van der Waals surface area contributed by atoms with Crippen molar-refractivity contribution in [3.8, 4) is 0 Å². The maximum Gasteiger partial charge on any atom is 0.125 e. The molecule has 0 amide bonds. The third-order valence-electron chi connectivity index (χ3n) is 3.12. The van der Waals surface area contributed by atoms with E-state index < -0.39 is 0 Å². The molecule has 18 heavy (non-hydrogen) atoms. The zero-order valence-corrected chi connectivity index (χ0v) is 11.9. The fourth-order valence-corrected chi connectivity index (χ4v) is 2.97. The van der Waals surface area contributed by atoms with Gasteiger partial charge in [0.15, 0.2) is 0 Å². The van der Waals surface area contributed by atoms with E-state index in [0.717, 1.165) is 18.8 Å². The molecule has 0 fully saturated rings. The number of nitrogens with zero attached hydrogens (tertiary/aromatic N) is 2. The molecule has 2 rings (SSSR count). The average Bonchev–Trinajstić information content (AvgIpc) is 2.99. The third-order valence-corrected chi connectivity index (χ3v) is 4.05. The first-order valence-electron chi connectivity index (χ1n) is 6.54. The van der Waals surface area contributed by atoms with Gasteiger partial charge in [0.2, 0.25) is 0 Å². The number of nitrogens with one attached hydrogen (secondary N) is 1. The Labute approximate surface area is 113 Å². The molecule has 2 aromatic rings. The summed E-state index contributed by atoms with van der Waals surface area (Å²) in [7, 11) is 2.06. The molecule has 1 atom stereocenters. The van der Waals surface area contributed by atoms with Crippen LogP contribution in [0.3, 0.4) is 0 Å². The monoisotopic (exact) mass is 263 g/mol. The van der Waals surface area contributed by atoms with Gasteiger partial charge in [-0.2, -0.15) is 0 Å². The summed E-state index contributed by atoms with van der Waals surface area (Å²) in [5.41, 5.74) is 0. The van der Waals surface area contributed by atoms with E-state index >= 15 is 0 Å². The second-order valence-corrected chi connectivity index (χ2v) is 5.51. The van der Waals surface area contributed by atoms with Crippen LogP contribution in [0.5, 0.6) is 0 Å². The molecule has 0 radical (unpaired) electrons. The first kappa shape index (κ1) is 13.3. The van der Waals surface area contributed by atoms with E-state index in [9.17, 15) is 0 Å². The number of hydrogen-bond acceptors (Lipinski definition) is 3. The minimum atomic E-state index is 0.370. The van der Waals surface area contributed by atoms with Crippen molar-refractivity contribution in [2.45, 2.75) is 32.2 Å². The van der Waals surface area contributed by atoms with Gasteiger partial charge in [0, 0.05) is 24.3 Å². The number of hydrogen-bond donors (Lipinski definition) is 1. The highest BCUT2D eigenvalue weighted by Gasteiger charge is 2.14. The number of rotatable bonds is 7. The van der Waals surface area contributed by atoms with Gasteiger partial charge in [-0.3, -0.25) is 0 Å². The van der Waals surface area contributed by atoms with Gasteiger partial charge in [-0.25, -0.2) is 4.98 Å². The van der Waals surface area contributed by atoms with Gasteiger partial charge in [-0.15, -0.1) is 11.3 Å². The van der Waals surface area contributed by atoms with Gasteiger partial charge < -0.3 is 9.88 Å². The van der Waals surface area contributed by atoms with Crippen molar-refractivity contribution in [2.24, 2.45) is 7.05 Å². The molecule has 0 aliphatic carbocycles. The third kappa shape index (κ3) is 3.43. The van der Waals surface area contributed by atoms with Gasteiger partial charge in [-0.1, -0.05) is 13.0 Å². The van der Waals surface area contributed by atoms with Crippen LogP contribution >= 0.6 is 11.3 Å². The Kier molecular flexibility index (Phi) is 4.96. The Morgan fingerprint density at radius 2 is 2.39 bits per heavy atom. The molecule has 98 valence electrons. The quantitative estimate of drug-likeness (QED) is 0.831. The van der Waals surface area contributed by atoms with E-state index in [1.807, 2.05) is 23.7 Å². The molecule has 1 unspecified atom stereocenters. The molecule has 1 N–H and O–H groups in total. The van der Waals surface area contributed by atoms with Crippen LogP contribution in [0, 0.1) is 0 Å². The Morgan fingerprint density at radius 1 is 1.50 bits per heavy atom. The predicted octanol–water partition coefficient (Wildman–Crippen LogP) is 3.16. The number of aryl methyl sites for hydroxylation is 2. The number of imidazole rings is 1. The Bertz CT molecular complexity index is 447. The second kappa shape index (κ2) is 6.71. The summed E-state index contributed by atoms with van der Waals surface area (Å²) in [5, 5.41) is 5.67. The first-order valence-corrected chi connectivity index (χ1v) is 7.42. The summed E-state index contributed by atoms with van der Waals surface area (Å²) in [6, 6.07) is 4.71. The van der Waals surface area contributed by atoms with Gasteiger partial charge >= 0.3 is 0 Å². The standard InChI is InChI=1S/C14H21N3S/c1-3-15-13(14-16-9-10-17(14)2)8-4-6-12-7-5-11-18-12/h5,7,9-11,13,15H,3-4,6,8H2,1-2H3. The van der Waals surface area contributed by atoms with Gasteiger partial charge in [0.1, 0.15) is 5.82 Å². The van der Waals surface area contributed by atoms with Crippen molar-refractivity contribution in [1.29, 1.82) is 0 Å². The summed E-state index contributed by atoms with van der Waals surface area (Å²) in [5.74, 6) is 1.14. The van der Waals surface area contributed by atoms with E-state index in [-0.39, 0.29) is 0 Å². The average molecular weight is 263 g/mol. The highest BCUT2D eigenvalue weighted by Crippen LogP contribution is 2.19. The van der Waals surface area contributed by atoms with E-state index in [4.69, 9.17) is 0 Å². The van der Waals surface area contributed by atoms with E-state index in [2.05, 4.69) is 46.4 Å². The van der Waals surface area contributed by atoms with Gasteiger partial charge in [-0.05, 0) is 37.3 Å². The van der Waals surface area contributed by atoms with Crippen LogP contribution in [0.25, 0.3) is 0 Å². The van der Waals surface area contributed by atoms with E-state index in [1.54, 1.807) is 0 Å². The Hall–Kier alpha value is -1.13. The summed E-state index contributed by atoms with van der Waals surface area (Å²) in [6.07, 6.45) is 7.39. The topological polar surface area (TPSA) is 29.9 Å². The molecular weight excluding hydrogens is 242 g/mol. The molecule has 3 nitrogen and oxygen atoms in total. The molecule has 2 aromatic heterocycles. The van der Waals surface area contributed by atoms with Crippen LogP contribution in [0.15, 0.2) is 29.9 Å². The van der Waals surface area contributed by atoms with Crippen molar-refractivity contribution in [3.05, 3.63) is 40.6 Å². The second-order valence-electron chi connectivity index (χ2n) is 4.48. The SMILES string of the molecule is CCNC(CCCc1cccs1)c1nccn1C. The fourth-order valence-electron chi connectivity index (χ4n) is 2.22. The zero-order chi connectivity index (χ0) is 12.8. The van der Waals surface area contributed by atoms with Crippen molar-refractivity contribution < 1.29 is 0 Å². The van der Waals surface area contributed by atoms with Crippen molar-refractivity contribution in [3.63, 3.8) is 0 Å². The summed E-state index contributed by atoms with van der Waals surface area (Å²) < 4.78 is 2.11. The lowest BCUT2D eigenvalue weighted by Gasteiger charge is -2.17. The minimum Gasteiger partial charge on any atom is -0.337 e. The zero-order valence-electron chi connectivity index (χ0n) is 11.1. The normalized spacial score (nSPS) is 12.8. The smallest absolute Gasteiger partial charge is 0.125 e. The number of aromatic nitrogens is 2. The van der Waals surface area contributed by atoms with Crippen molar-refractivity contribution >= 4 is 11.3 Å². The largest absolute Gasteiger partial charge is 0.337 e. The Morgan fingerprint density at radius 3 is 3.00 bits per heavy atom. The lowest BCUT2D eigenvalue weighted by molar-refractivity contribution is 0.465. The van der Waals surface area contributed by atoms with Crippen LogP contribution in [-0.2, 0) is 13.5 Å². The maximum atomic E-state index is 4.45. The maximum absolute atomic E-state index is 4.45. The number of thiophene rings is 1. The summed E-state index contributed by atoms with van der Waals surface area (Å²) in [6.45, 7) is 3.13. The van der Waals surface area contributed by atoms with Crippen LogP contribution in [0.4, 0.5) is 0 Å². The lowest BCUT2D eigenvalue weighted by Crippen LogP contribution is -2.23. The van der Waals surface area contributed by atoms with Crippen LogP contribution in [0.2, 0.25) is 0 Å². The fraction of sp³-hybridized carbons (Fsp3) is 0.500. The van der Waals surface area contributed by atoms with Crippen LogP contribution in [-0.4, -0.2) is 16.1 Å². The summed E-state index contributed by atoms with van der Waals surface area (Å²) >= 11 is 1.85. The molecule has 0 aliphatic heterocycles. The highest BCUT2D eigenvalue weighted by molar-refractivity contribution is 7.09. The first-order chi connectivity index (χ1) is 8.81. The molecule has 0 spiro atoms. The Balaban J connectivity index is 1.89. The van der Waals surface area contributed by atoms with Crippen molar-refractivity contribution in [2.75, 3.05) is 6.54 Å². The molecular formula is C14H21N3S. The molecule has 0 aliphatic rings. The molecule has 0 bridgehead atoms. The van der Waals surface area contributed by atoms with Gasteiger partial charge in [0.05, 0.1) is 6.04 Å². The van der Waals surface area contributed by atoms with E-state index in [0.29, 0.717) is 6.04 Å². The minimum absolute atomic E-state index is 0.370. The molecule has 0 saturated heterocycles. The highest BCUT2D eigenvalue weighted by atomic mass is 32.1. The summed E-state index contributed by atoms with van der Waals surface area (Å²) in [4.78, 5) is 5.93. The predicted molar refractivity (Wildman–Crippen MR) is 76.9 cm³/mol. The molecule has 0 aromatic carbocycles. The molecule has 4 heteroatoms. The lowest BCUT2D eigenvalue weighted by atomic mass is 10.1. The molecule has 2 heterocycles.